The van der Waals surface area contributed by atoms with Crippen LogP contribution in [-0.4, -0.2) is 28.4 Å². The van der Waals surface area contributed by atoms with Gasteiger partial charge in [-0.2, -0.15) is 0 Å². The van der Waals surface area contributed by atoms with Gasteiger partial charge < -0.3 is 10.0 Å². The van der Waals surface area contributed by atoms with Gasteiger partial charge in [-0.15, -0.1) is 11.3 Å². The lowest BCUT2D eigenvalue weighted by Gasteiger charge is -2.25. The molecule has 0 saturated carbocycles. The Labute approximate surface area is 103 Å². The molecule has 1 N–H and O–H groups in total. The van der Waals surface area contributed by atoms with Gasteiger partial charge in [0.2, 0.25) is 0 Å². The molecule has 4 nitrogen and oxygen atoms in total. The number of nitrogens with zero attached hydrogens (tertiary/aromatic N) is 2. The first-order chi connectivity index (χ1) is 8.09. The van der Waals surface area contributed by atoms with Crippen LogP contribution in [0.3, 0.4) is 0 Å². The third-order valence-electron chi connectivity index (χ3n) is 3.26. The Kier molecular flexibility index (Phi) is 2.13. The van der Waals surface area contributed by atoms with Gasteiger partial charge in [-0.05, 0) is 18.9 Å². The number of amidine groups is 1. The SMILES string of the molecule is C=C1c2c(sc(C(=O)O)c2C)N=C2CCCN12. The van der Waals surface area contributed by atoms with E-state index in [4.69, 9.17) is 5.11 Å². The number of hydrogen-bond donors (Lipinski definition) is 1. The molecule has 0 amide bonds. The predicted octanol–water partition coefficient (Wildman–Crippen LogP) is 2.86. The number of carboxylic acids is 1. The van der Waals surface area contributed by atoms with Crippen molar-refractivity contribution < 1.29 is 9.90 Å². The van der Waals surface area contributed by atoms with Crippen LogP contribution in [0.25, 0.3) is 5.70 Å². The number of thiophene rings is 1. The quantitative estimate of drug-likeness (QED) is 0.831. The van der Waals surface area contributed by atoms with Crippen LogP contribution in [0.1, 0.15) is 33.6 Å². The standard InChI is InChI=1S/C12H12N2O2S/c1-6-9-7(2)14-5-3-4-8(14)13-11(9)17-10(6)12(15)16/h2-5H2,1H3,(H,15,16). The van der Waals surface area contributed by atoms with Gasteiger partial charge in [0, 0.05) is 24.2 Å². The first kappa shape index (κ1) is 10.5. The number of carboxylic acid groups (broad SMARTS) is 1. The Hall–Kier alpha value is -1.62. The Balaban J connectivity index is 2.21. The van der Waals surface area contributed by atoms with Crippen LogP contribution in [0.2, 0.25) is 0 Å². The topological polar surface area (TPSA) is 52.9 Å². The van der Waals surface area contributed by atoms with Gasteiger partial charge in [0.25, 0.3) is 0 Å². The molecular weight excluding hydrogens is 236 g/mol. The number of carbonyl (C=O) groups is 1. The Bertz CT molecular complexity index is 571. The Morgan fingerprint density at radius 2 is 2.35 bits per heavy atom. The van der Waals surface area contributed by atoms with E-state index in [-0.39, 0.29) is 0 Å². The molecule has 2 aliphatic heterocycles. The molecule has 88 valence electrons. The molecule has 17 heavy (non-hydrogen) atoms. The van der Waals surface area contributed by atoms with Crippen molar-refractivity contribution >= 4 is 33.8 Å². The Morgan fingerprint density at radius 3 is 3.06 bits per heavy atom. The van der Waals surface area contributed by atoms with Crippen molar-refractivity contribution in [3.8, 4) is 0 Å². The summed E-state index contributed by atoms with van der Waals surface area (Å²) in [4.78, 5) is 18.2. The lowest BCUT2D eigenvalue weighted by molar-refractivity contribution is 0.0701. The molecule has 0 unspecified atom stereocenters. The predicted molar refractivity (Wildman–Crippen MR) is 68.1 cm³/mol. The molecule has 5 heteroatoms. The molecule has 1 aromatic rings. The minimum Gasteiger partial charge on any atom is -0.477 e. The first-order valence-electron chi connectivity index (χ1n) is 5.50. The van der Waals surface area contributed by atoms with Crippen molar-refractivity contribution in [1.82, 2.24) is 4.90 Å². The van der Waals surface area contributed by atoms with Crippen LogP contribution in [0.4, 0.5) is 5.00 Å². The van der Waals surface area contributed by atoms with Crippen LogP contribution in [0.5, 0.6) is 0 Å². The van der Waals surface area contributed by atoms with Crippen LogP contribution in [0.15, 0.2) is 11.6 Å². The highest BCUT2D eigenvalue weighted by molar-refractivity contribution is 7.18. The fourth-order valence-corrected chi connectivity index (χ4v) is 3.50. The summed E-state index contributed by atoms with van der Waals surface area (Å²) in [5.74, 6) is 0.149. The van der Waals surface area contributed by atoms with E-state index >= 15 is 0 Å². The fraction of sp³-hybridized carbons (Fsp3) is 0.333. The van der Waals surface area contributed by atoms with E-state index in [0.717, 1.165) is 47.0 Å². The zero-order valence-electron chi connectivity index (χ0n) is 9.49. The second-order valence-corrected chi connectivity index (χ2v) is 5.27. The van der Waals surface area contributed by atoms with Crippen LogP contribution in [0, 0.1) is 6.92 Å². The van der Waals surface area contributed by atoms with Gasteiger partial charge in [-0.25, -0.2) is 9.79 Å². The van der Waals surface area contributed by atoms with Crippen molar-refractivity contribution in [1.29, 1.82) is 0 Å². The van der Waals surface area contributed by atoms with Gasteiger partial charge in [0.05, 0.1) is 0 Å². The van der Waals surface area contributed by atoms with Gasteiger partial charge in [0.1, 0.15) is 15.7 Å². The van der Waals surface area contributed by atoms with Crippen molar-refractivity contribution in [2.75, 3.05) is 6.54 Å². The van der Waals surface area contributed by atoms with Crippen LogP contribution < -0.4 is 0 Å². The third-order valence-corrected chi connectivity index (χ3v) is 4.43. The fourth-order valence-electron chi connectivity index (χ4n) is 2.44. The summed E-state index contributed by atoms with van der Waals surface area (Å²) in [5.41, 5.74) is 2.61. The molecule has 2 aliphatic rings. The van der Waals surface area contributed by atoms with Crippen molar-refractivity contribution in [3.05, 3.63) is 22.6 Å². The summed E-state index contributed by atoms with van der Waals surface area (Å²) in [6, 6.07) is 0. The maximum atomic E-state index is 11.1. The summed E-state index contributed by atoms with van der Waals surface area (Å²) < 4.78 is 0. The molecule has 3 rings (SSSR count). The summed E-state index contributed by atoms with van der Waals surface area (Å²) in [6.45, 7) is 6.86. The highest BCUT2D eigenvalue weighted by Crippen LogP contribution is 2.44. The molecule has 1 saturated heterocycles. The van der Waals surface area contributed by atoms with Crippen molar-refractivity contribution in [3.63, 3.8) is 0 Å². The van der Waals surface area contributed by atoms with Crippen LogP contribution in [-0.2, 0) is 0 Å². The monoisotopic (exact) mass is 248 g/mol. The van der Waals surface area contributed by atoms with Crippen LogP contribution >= 0.6 is 11.3 Å². The zero-order valence-corrected chi connectivity index (χ0v) is 10.3. The van der Waals surface area contributed by atoms with E-state index < -0.39 is 5.97 Å². The maximum absolute atomic E-state index is 11.1. The van der Waals surface area contributed by atoms with Gasteiger partial charge in [-0.3, -0.25) is 0 Å². The summed E-state index contributed by atoms with van der Waals surface area (Å²) in [6.07, 6.45) is 2.05. The van der Waals surface area contributed by atoms with E-state index in [9.17, 15) is 4.79 Å². The number of aliphatic imine (C=N–C) groups is 1. The lowest BCUT2D eigenvalue weighted by Crippen LogP contribution is -2.25. The molecule has 0 aliphatic carbocycles. The molecule has 0 radical (unpaired) electrons. The summed E-state index contributed by atoms with van der Waals surface area (Å²) in [5, 5.41) is 9.93. The average Bonchev–Trinajstić information content (AvgIpc) is 2.84. The van der Waals surface area contributed by atoms with Crippen molar-refractivity contribution in [2.24, 2.45) is 4.99 Å². The second-order valence-electron chi connectivity index (χ2n) is 4.27. The minimum atomic E-state index is -0.880. The highest BCUT2D eigenvalue weighted by Gasteiger charge is 2.31. The average molecular weight is 248 g/mol. The second kappa shape index (κ2) is 3.43. The molecule has 0 atom stereocenters. The summed E-state index contributed by atoms with van der Waals surface area (Å²) in [7, 11) is 0. The molecule has 1 fully saturated rings. The molecule has 0 bridgehead atoms. The molecule has 1 aromatic heterocycles. The van der Waals surface area contributed by atoms with E-state index in [2.05, 4.69) is 16.5 Å². The largest absolute Gasteiger partial charge is 0.477 e. The highest BCUT2D eigenvalue weighted by atomic mass is 32.1. The summed E-state index contributed by atoms with van der Waals surface area (Å²) >= 11 is 1.25. The number of aromatic carboxylic acids is 1. The van der Waals surface area contributed by atoms with Gasteiger partial charge >= 0.3 is 5.97 Å². The Morgan fingerprint density at radius 1 is 1.59 bits per heavy atom. The molecule has 0 spiro atoms. The van der Waals surface area contributed by atoms with Gasteiger partial charge in [0.15, 0.2) is 0 Å². The lowest BCUT2D eigenvalue weighted by atomic mass is 10.1. The third kappa shape index (κ3) is 1.35. The van der Waals surface area contributed by atoms with E-state index in [1.165, 1.54) is 11.3 Å². The zero-order chi connectivity index (χ0) is 12.2. The number of rotatable bonds is 1. The minimum absolute atomic E-state index is 0.377. The molecular formula is C12H12N2O2S. The molecule has 3 heterocycles. The maximum Gasteiger partial charge on any atom is 0.346 e. The van der Waals surface area contributed by atoms with Gasteiger partial charge in [-0.1, -0.05) is 6.58 Å². The normalized spacial score (nSPS) is 17.8. The first-order valence-corrected chi connectivity index (χ1v) is 6.32. The molecule has 0 aromatic carbocycles. The van der Waals surface area contributed by atoms with Crippen molar-refractivity contribution in [2.45, 2.75) is 19.8 Å². The number of fused-ring (bicyclic) bond motifs is 2. The van der Waals surface area contributed by atoms with E-state index in [1.807, 2.05) is 6.92 Å². The van der Waals surface area contributed by atoms with E-state index in [1.54, 1.807) is 0 Å². The number of hydrogen-bond acceptors (Lipinski definition) is 4. The smallest absolute Gasteiger partial charge is 0.346 e. The van der Waals surface area contributed by atoms with E-state index in [0.29, 0.717) is 4.88 Å².